The molecule has 0 N–H and O–H groups in total. The van der Waals surface area contributed by atoms with Gasteiger partial charge >= 0.3 is 12.1 Å². The minimum atomic E-state index is -0.528. The molecular formula is C19H27NO5S. The molecule has 7 heteroatoms. The highest BCUT2D eigenvalue weighted by Crippen LogP contribution is 2.29. The Kier molecular flexibility index (Phi) is 6.81. The van der Waals surface area contributed by atoms with Crippen LogP contribution in [0.4, 0.5) is 4.79 Å². The summed E-state index contributed by atoms with van der Waals surface area (Å²) in [5.74, 6) is 0.980. The van der Waals surface area contributed by atoms with Crippen LogP contribution in [-0.4, -0.2) is 54.6 Å². The average Bonchev–Trinajstić information content (AvgIpc) is 3.02. The van der Waals surface area contributed by atoms with E-state index in [0.717, 1.165) is 10.6 Å². The maximum atomic E-state index is 12.2. The van der Waals surface area contributed by atoms with Crippen molar-refractivity contribution in [2.45, 2.75) is 50.7 Å². The zero-order valence-corrected chi connectivity index (χ0v) is 16.9. The summed E-state index contributed by atoms with van der Waals surface area (Å²) in [7, 11) is 1.35. The summed E-state index contributed by atoms with van der Waals surface area (Å²) in [6.45, 7) is 8.59. The van der Waals surface area contributed by atoms with Crippen molar-refractivity contribution < 1.29 is 23.8 Å². The van der Waals surface area contributed by atoms with Crippen molar-refractivity contribution >= 4 is 23.8 Å². The predicted molar refractivity (Wildman–Crippen MR) is 101 cm³/mol. The molecule has 6 nitrogen and oxygen atoms in total. The Labute approximate surface area is 159 Å². The third-order valence-corrected chi connectivity index (χ3v) is 4.64. The van der Waals surface area contributed by atoms with Crippen molar-refractivity contribution in [3.63, 3.8) is 0 Å². The Morgan fingerprint density at radius 2 is 2.04 bits per heavy atom. The lowest BCUT2D eigenvalue weighted by Crippen LogP contribution is -2.36. The summed E-state index contributed by atoms with van der Waals surface area (Å²) in [6.07, 6.45) is 0.158. The molecule has 1 aliphatic heterocycles. The van der Waals surface area contributed by atoms with Crippen LogP contribution in [0, 0.1) is 0 Å². The number of nitrogens with zero attached hydrogens (tertiary/aromatic N) is 1. The first-order valence-corrected chi connectivity index (χ1v) is 9.71. The molecule has 1 aliphatic rings. The van der Waals surface area contributed by atoms with Crippen LogP contribution in [0.3, 0.4) is 0 Å². The van der Waals surface area contributed by atoms with Gasteiger partial charge in [-0.05, 0) is 44.7 Å². The van der Waals surface area contributed by atoms with Gasteiger partial charge in [0.25, 0.3) is 0 Å². The number of benzene rings is 1. The summed E-state index contributed by atoms with van der Waals surface area (Å²) in [6, 6.07) is 5.46. The molecule has 144 valence electrons. The first-order valence-electron chi connectivity index (χ1n) is 8.73. The Bertz CT molecular complexity index is 656. The van der Waals surface area contributed by atoms with Crippen molar-refractivity contribution in [2.24, 2.45) is 0 Å². The number of amides is 1. The maximum Gasteiger partial charge on any atom is 0.410 e. The SMILES string of the molecule is CCSc1ccc(C(=O)OC)c(O[C@H]2CCN(C(=O)OC(C)(C)C)C2)c1. The monoisotopic (exact) mass is 381 g/mol. The second-order valence-electron chi connectivity index (χ2n) is 7.04. The Hall–Kier alpha value is -1.89. The maximum absolute atomic E-state index is 12.2. The third-order valence-electron chi connectivity index (χ3n) is 3.76. The number of thioether (sulfide) groups is 1. The summed E-state index contributed by atoms with van der Waals surface area (Å²) in [5.41, 5.74) is -0.136. The Morgan fingerprint density at radius 1 is 1.31 bits per heavy atom. The average molecular weight is 381 g/mol. The van der Waals surface area contributed by atoms with Gasteiger partial charge in [-0.15, -0.1) is 11.8 Å². The number of esters is 1. The van der Waals surface area contributed by atoms with Crippen LogP contribution in [0.25, 0.3) is 0 Å². The molecule has 1 amide bonds. The smallest absolute Gasteiger partial charge is 0.410 e. The van der Waals surface area contributed by atoms with Gasteiger partial charge in [-0.1, -0.05) is 6.92 Å². The lowest BCUT2D eigenvalue weighted by Gasteiger charge is -2.24. The van der Waals surface area contributed by atoms with E-state index in [4.69, 9.17) is 14.2 Å². The number of rotatable bonds is 5. The predicted octanol–water partition coefficient (Wildman–Crippen LogP) is 3.97. The van der Waals surface area contributed by atoms with Crippen LogP contribution in [-0.2, 0) is 9.47 Å². The van der Waals surface area contributed by atoms with Gasteiger partial charge in [-0.2, -0.15) is 0 Å². The molecule has 1 saturated heterocycles. The number of carbonyl (C=O) groups is 2. The molecule has 0 unspecified atom stereocenters. The standard InChI is InChI=1S/C19H27NO5S/c1-6-26-14-7-8-15(17(21)23-5)16(11-14)24-13-9-10-20(12-13)18(22)25-19(2,3)4/h7-8,11,13H,6,9-10,12H2,1-5H3/t13-/m0/s1. The molecule has 1 atom stereocenters. The lowest BCUT2D eigenvalue weighted by atomic mass is 10.2. The van der Waals surface area contributed by atoms with E-state index in [2.05, 4.69) is 6.92 Å². The first kappa shape index (κ1) is 20.4. The van der Waals surface area contributed by atoms with Crippen LogP contribution >= 0.6 is 11.8 Å². The van der Waals surface area contributed by atoms with Gasteiger partial charge < -0.3 is 19.1 Å². The molecule has 0 aliphatic carbocycles. The molecule has 0 radical (unpaired) electrons. The minimum Gasteiger partial charge on any atom is -0.488 e. The molecule has 2 rings (SSSR count). The van der Waals surface area contributed by atoms with Crippen molar-refractivity contribution in [1.82, 2.24) is 4.90 Å². The molecule has 1 aromatic carbocycles. The largest absolute Gasteiger partial charge is 0.488 e. The van der Waals surface area contributed by atoms with E-state index in [1.54, 1.807) is 22.7 Å². The number of methoxy groups -OCH3 is 1. The van der Waals surface area contributed by atoms with Crippen LogP contribution in [0.1, 0.15) is 44.5 Å². The highest BCUT2D eigenvalue weighted by atomic mass is 32.2. The molecule has 0 bridgehead atoms. The van der Waals surface area contributed by atoms with Gasteiger partial charge in [0.15, 0.2) is 0 Å². The fraction of sp³-hybridized carbons (Fsp3) is 0.579. The van der Waals surface area contributed by atoms with E-state index in [0.29, 0.717) is 30.8 Å². The van der Waals surface area contributed by atoms with Crippen LogP contribution in [0.15, 0.2) is 23.1 Å². The molecule has 1 fully saturated rings. The quantitative estimate of drug-likeness (QED) is 0.568. The topological polar surface area (TPSA) is 65.1 Å². The van der Waals surface area contributed by atoms with E-state index in [9.17, 15) is 9.59 Å². The molecule has 0 saturated carbocycles. The fourth-order valence-electron chi connectivity index (χ4n) is 2.63. The number of ether oxygens (including phenoxy) is 3. The van der Waals surface area contributed by atoms with Gasteiger partial charge in [-0.3, -0.25) is 0 Å². The van der Waals surface area contributed by atoms with Crippen LogP contribution in [0.2, 0.25) is 0 Å². The highest BCUT2D eigenvalue weighted by Gasteiger charge is 2.31. The Balaban J connectivity index is 2.09. The van der Waals surface area contributed by atoms with Crippen molar-refractivity contribution in [2.75, 3.05) is 26.0 Å². The first-order chi connectivity index (χ1) is 12.2. The molecule has 0 spiro atoms. The second-order valence-corrected chi connectivity index (χ2v) is 8.37. The van der Waals surface area contributed by atoms with Gasteiger partial charge in [0, 0.05) is 17.9 Å². The number of hydrogen-bond donors (Lipinski definition) is 0. The molecular weight excluding hydrogens is 354 g/mol. The summed E-state index contributed by atoms with van der Waals surface area (Å²) < 4.78 is 16.3. The third kappa shape index (κ3) is 5.56. The van der Waals surface area contributed by atoms with E-state index in [1.165, 1.54) is 7.11 Å². The second kappa shape index (κ2) is 8.66. The lowest BCUT2D eigenvalue weighted by molar-refractivity contribution is 0.0274. The molecule has 1 heterocycles. The molecule has 0 aromatic heterocycles. The van der Waals surface area contributed by atoms with Gasteiger partial charge in [0.05, 0.1) is 13.7 Å². The normalized spacial score (nSPS) is 17.1. The highest BCUT2D eigenvalue weighted by molar-refractivity contribution is 7.99. The molecule has 26 heavy (non-hydrogen) atoms. The Morgan fingerprint density at radius 3 is 2.65 bits per heavy atom. The van der Waals surface area contributed by atoms with Crippen molar-refractivity contribution in [3.8, 4) is 5.75 Å². The van der Waals surface area contributed by atoms with Crippen LogP contribution < -0.4 is 4.74 Å². The van der Waals surface area contributed by atoms with Crippen molar-refractivity contribution in [3.05, 3.63) is 23.8 Å². The molecule has 1 aromatic rings. The number of likely N-dealkylation sites (tertiary alicyclic amines) is 1. The van der Waals surface area contributed by atoms with E-state index in [-0.39, 0.29) is 12.2 Å². The summed E-state index contributed by atoms with van der Waals surface area (Å²) in [5, 5.41) is 0. The summed E-state index contributed by atoms with van der Waals surface area (Å²) >= 11 is 1.67. The van der Waals surface area contributed by atoms with Crippen molar-refractivity contribution in [1.29, 1.82) is 0 Å². The van der Waals surface area contributed by atoms with Gasteiger partial charge in [0.1, 0.15) is 23.0 Å². The van der Waals surface area contributed by atoms with Crippen LogP contribution in [0.5, 0.6) is 5.75 Å². The minimum absolute atomic E-state index is 0.187. The number of hydrogen-bond acceptors (Lipinski definition) is 6. The van der Waals surface area contributed by atoms with Gasteiger partial charge in [-0.25, -0.2) is 9.59 Å². The number of carbonyl (C=O) groups excluding carboxylic acids is 2. The van der Waals surface area contributed by atoms with E-state index in [1.807, 2.05) is 32.9 Å². The summed E-state index contributed by atoms with van der Waals surface area (Å²) in [4.78, 5) is 26.9. The van der Waals surface area contributed by atoms with Gasteiger partial charge in [0.2, 0.25) is 0 Å². The zero-order valence-electron chi connectivity index (χ0n) is 16.0. The van der Waals surface area contributed by atoms with E-state index >= 15 is 0 Å². The fourth-order valence-corrected chi connectivity index (χ4v) is 3.32. The van der Waals surface area contributed by atoms with E-state index < -0.39 is 11.6 Å². The zero-order chi connectivity index (χ0) is 19.3.